The fraction of sp³-hybridized carbons (Fsp3) is 0.591. The van der Waals surface area contributed by atoms with Crippen molar-refractivity contribution in [3.8, 4) is 0 Å². The highest BCUT2D eigenvalue weighted by atomic mass is 16.4. The van der Waals surface area contributed by atoms with E-state index in [1.54, 1.807) is 13.8 Å². The Bertz CT molecular complexity index is 978. The van der Waals surface area contributed by atoms with Crippen LogP contribution in [0.25, 0.3) is 0 Å². The Morgan fingerprint density at radius 2 is 1.61 bits per heavy atom. The lowest BCUT2D eigenvalue weighted by Crippen LogP contribution is -2.58. The number of aromatic nitrogens is 2. The molecule has 1 heterocycles. The molecule has 0 saturated carbocycles. The number of carbonyl (C=O) groups excluding carboxylic acids is 3. The van der Waals surface area contributed by atoms with Gasteiger partial charge in [0.25, 0.3) is 0 Å². The van der Waals surface area contributed by atoms with Gasteiger partial charge in [-0.2, -0.15) is 0 Å². The maximum Gasteiger partial charge on any atom is 0.326 e. The average Bonchev–Trinajstić information content (AvgIpc) is 3.32. The summed E-state index contributed by atoms with van der Waals surface area (Å²) in [6.07, 6.45) is 2.55. The Morgan fingerprint density at radius 3 is 2.13 bits per heavy atom. The molecular weight excluding hydrogens is 502 g/mol. The maximum absolute atomic E-state index is 13.0. The summed E-state index contributed by atoms with van der Waals surface area (Å²) in [5.74, 6) is -5.39. The van der Waals surface area contributed by atoms with Crippen LogP contribution in [0.3, 0.4) is 0 Å². The van der Waals surface area contributed by atoms with E-state index in [2.05, 4.69) is 30.9 Å². The highest BCUT2D eigenvalue weighted by molar-refractivity contribution is 5.95. The number of carbonyl (C=O) groups is 5. The minimum atomic E-state index is -1.61. The summed E-state index contributed by atoms with van der Waals surface area (Å²) in [6.45, 7) is 3.87. The number of guanidine groups is 1. The number of carboxylic acid groups (broad SMARTS) is 2. The molecule has 16 nitrogen and oxygen atoms in total. The summed E-state index contributed by atoms with van der Waals surface area (Å²) >= 11 is 0. The number of amides is 3. The largest absolute Gasteiger partial charge is 0.481 e. The van der Waals surface area contributed by atoms with Crippen LogP contribution in [0.2, 0.25) is 0 Å². The molecule has 12 N–H and O–H groups in total. The van der Waals surface area contributed by atoms with Crippen LogP contribution < -0.4 is 33.2 Å². The second kappa shape index (κ2) is 15.8. The Balaban J connectivity index is 2.92. The van der Waals surface area contributed by atoms with E-state index in [0.717, 1.165) is 0 Å². The first kappa shape index (κ1) is 31.8. The van der Waals surface area contributed by atoms with Crippen LogP contribution in [0.15, 0.2) is 17.5 Å². The zero-order chi connectivity index (χ0) is 28.8. The van der Waals surface area contributed by atoms with Gasteiger partial charge in [-0.1, -0.05) is 13.8 Å². The van der Waals surface area contributed by atoms with Gasteiger partial charge in [-0.3, -0.25) is 24.2 Å². The SMILES string of the molecule is CC(C)CC(NC(=O)C(N)CCCN=C(N)N)C(=O)NC(CC(=O)O)C(=O)NC(Cc1cnc[nH]1)C(=O)O. The quantitative estimate of drug-likeness (QED) is 0.0561. The Labute approximate surface area is 219 Å². The Hall–Kier alpha value is -4.21. The van der Waals surface area contributed by atoms with Gasteiger partial charge >= 0.3 is 11.9 Å². The van der Waals surface area contributed by atoms with E-state index in [-0.39, 0.29) is 37.7 Å². The standard InChI is InChI=1S/C22H37N9O7/c1-11(2)6-14(29-18(34)13(23)4-3-5-27-22(24)25)19(35)30-15(8-17(32)33)20(36)31-16(21(37)38)7-12-9-26-10-28-12/h9-11,13-16H,3-8,23H2,1-2H3,(H,26,28)(H,29,34)(H,30,35)(H,31,36)(H,32,33)(H,37,38)(H4,24,25,27). The molecule has 0 saturated heterocycles. The van der Waals surface area contributed by atoms with Gasteiger partial charge in [-0.15, -0.1) is 0 Å². The first-order valence-corrected chi connectivity index (χ1v) is 11.9. The number of hydrogen-bond donors (Lipinski definition) is 9. The molecule has 16 heteroatoms. The van der Waals surface area contributed by atoms with Crippen molar-refractivity contribution < 1.29 is 34.2 Å². The molecule has 0 aliphatic carbocycles. The molecule has 4 unspecified atom stereocenters. The third-order valence-corrected chi connectivity index (χ3v) is 5.25. The number of hydrogen-bond acceptors (Lipinski definition) is 8. The van der Waals surface area contributed by atoms with Crippen LogP contribution >= 0.6 is 0 Å². The van der Waals surface area contributed by atoms with Crippen molar-refractivity contribution in [1.82, 2.24) is 25.9 Å². The molecule has 0 aliphatic rings. The Morgan fingerprint density at radius 1 is 1.00 bits per heavy atom. The van der Waals surface area contributed by atoms with Gasteiger partial charge in [-0.25, -0.2) is 9.78 Å². The first-order valence-electron chi connectivity index (χ1n) is 11.9. The van der Waals surface area contributed by atoms with E-state index >= 15 is 0 Å². The van der Waals surface area contributed by atoms with Gasteiger partial charge in [0, 0.05) is 24.9 Å². The summed E-state index contributed by atoms with van der Waals surface area (Å²) in [5.41, 5.74) is 16.8. The molecule has 1 aromatic heterocycles. The lowest BCUT2D eigenvalue weighted by atomic mass is 10.0. The molecule has 0 aliphatic heterocycles. The molecule has 0 bridgehead atoms. The molecule has 1 rings (SSSR count). The van der Waals surface area contributed by atoms with Crippen molar-refractivity contribution in [3.05, 3.63) is 18.2 Å². The number of H-pyrrole nitrogens is 1. The minimum Gasteiger partial charge on any atom is -0.481 e. The van der Waals surface area contributed by atoms with Gasteiger partial charge in [0.15, 0.2) is 5.96 Å². The first-order chi connectivity index (χ1) is 17.8. The molecule has 38 heavy (non-hydrogen) atoms. The molecule has 212 valence electrons. The topological polar surface area (TPSA) is 281 Å². The van der Waals surface area contributed by atoms with Crippen molar-refractivity contribution in [2.75, 3.05) is 6.54 Å². The molecule has 3 amide bonds. The number of aromatic amines is 1. The second-order valence-corrected chi connectivity index (χ2v) is 9.09. The van der Waals surface area contributed by atoms with Crippen molar-refractivity contribution in [2.24, 2.45) is 28.1 Å². The number of nitrogens with zero attached hydrogens (tertiary/aromatic N) is 2. The zero-order valence-corrected chi connectivity index (χ0v) is 21.3. The molecule has 4 atom stereocenters. The van der Waals surface area contributed by atoms with Gasteiger partial charge in [0.2, 0.25) is 17.7 Å². The zero-order valence-electron chi connectivity index (χ0n) is 21.3. The number of rotatable bonds is 17. The molecular formula is C22H37N9O7. The predicted molar refractivity (Wildman–Crippen MR) is 135 cm³/mol. The van der Waals surface area contributed by atoms with Gasteiger partial charge in [0.1, 0.15) is 18.1 Å². The number of nitrogens with two attached hydrogens (primary N) is 3. The van der Waals surface area contributed by atoms with Crippen LogP contribution in [0.5, 0.6) is 0 Å². The highest BCUT2D eigenvalue weighted by Gasteiger charge is 2.32. The van der Waals surface area contributed by atoms with E-state index in [1.165, 1.54) is 12.5 Å². The summed E-state index contributed by atoms with van der Waals surface area (Å²) in [5, 5.41) is 25.8. The van der Waals surface area contributed by atoms with Crippen LogP contribution in [-0.4, -0.2) is 86.5 Å². The Kier molecular flexibility index (Phi) is 13.2. The van der Waals surface area contributed by atoms with E-state index in [1.807, 2.05) is 0 Å². The minimum absolute atomic E-state index is 0.0679. The van der Waals surface area contributed by atoms with Crippen LogP contribution in [0.1, 0.15) is 45.2 Å². The maximum atomic E-state index is 13.0. The number of imidazole rings is 1. The predicted octanol–water partition coefficient (Wildman–Crippen LogP) is -2.61. The highest BCUT2D eigenvalue weighted by Crippen LogP contribution is 2.08. The van der Waals surface area contributed by atoms with Crippen molar-refractivity contribution in [1.29, 1.82) is 0 Å². The summed E-state index contributed by atoms with van der Waals surface area (Å²) in [4.78, 5) is 71.7. The van der Waals surface area contributed by atoms with Gasteiger partial charge < -0.3 is 48.3 Å². The molecule has 1 aromatic rings. The summed E-state index contributed by atoms with van der Waals surface area (Å²) in [7, 11) is 0. The fourth-order valence-corrected chi connectivity index (χ4v) is 3.38. The third-order valence-electron chi connectivity index (χ3n) is 5.25. The third kappa shape index (κ3) is 12.2. The summed E-state index contributed by atoms with van der Waals surface area (Å²) in [6, 6.07) is -5.12. The van der Waals surface area contributed by atoms with Crippen LogP contribution in [0, 0.1) is 5.92 Å². The number of aliphatic imine (C=N–C) groups is 1. The lowest BCUT2D eigenvalue weighted by Gasteiger charge is -2.25. The van der Waals surface area contributed by atoms with Crippen molar-refractivity contribution in [3.63, 3.8) is 0 Å². The van der Waals surface area contributed by atoms with Gasteiger partial charge in [0.05, 0.1) is 18.8 Å². The van der Waals surface area contributed by atoms with Crippen LogP contribution in [0.4, 0.5) is 0 Å². The molecule has 0 radical (unpaired) electrons. The van der Waals surface area contributed by atoms with Gasteiger partial charge in [-0.05, 0) is 25.2 Å². The average molecular weight is 540 g/mol. The number of carboxylic acids is 2. The van der Waals surface area contributed by atoms with E-state index in [4.69, 9.17) is 17.2 Å². The molecule has 0 spiro atoms. The van der Waals surface area contributed by atoms with Crippen molar-refractivity contribution in [2.45, 2.75) is 70.1 Å². The second-order valence-electron chi connectivity index (χ2n) is 9.09. The van der Waals surface area contributed by atoms with E-state index in [0.29, 0.717) is 12.1 Å². The van der Waals surface area contributed by atoms with Crippen LogP contribution in [-0.2, 0) is 30.4 Å². The van der Waals surface area contributed by atoms with E-state index < -0.39 is 60.2 Å². The smallest absolute Gasteiger partial charge is 0.326 e. The number of nitrogens with one attached hydrogen (secondary N) is 4. The fourth-order valence-electron chi connectivity index (χ4n) is 3.38. The summed E-state index contributed by atoms with van der Waals surface area (Å²) < 4.78 is 0. The molecule has 0 aromatic carbocycles. The van der Waals surface area contributed by atoms with Crippen molar-refractivity contribution >= 4 is 35.6 Å². The lowest BCUT2D eigenvalue weighted by molar-refractivity contribution is -0.143. The molecule has 0 fully saturated rings. The normalized spacial score (nSPS) is 14.0. The van der Waals surface area contributed by atoms with E-state index in [9.17, 15) is 34.2 Å². The number of aliphatic carboxylic acids is 2. The monoisotopic (exact) mass is 539 g/mol.